The SMILES string of the molecule is CCNc1cc(C(=O)NCc2ccsc2)cc(CC)n1. The van der Waals surface area contributed by atoms with Crippen LogP contribution in [0.4, 0.5) is 5.82 Å². The van der Waals surface area contributed by atoms with Crippen molar-refractivity contribution in [2.75, 3.05) is 11.9 Å². The Morgan fingerprint density at radius 2 is 2.20 bits per heavy atom. The van der Waals surface area contributed by atoms with Gasteiger partial charge in [0.15, 0.2) is 0 Å². The van der Waals surface area contributed by atoms with Crippen LogP contribution in [-0.2, 0) is 13.0 Å². The van der Waals surface area contributed by atoms with Gasteiger partial charge in [0.1, 0.15) is 5.82 Å². The molecule has 2 rings (SSSR count). The van der Waals surface area contributed by atoms with Crippen molar-refractivity contribution in [1.82, 2.24) is 10.3 Å². The smallest absolute Gasteiger partial charge is 0.251 e. The first-order chi connectivity index (χ1) is 9.72. The molecule has 0 radical (unpaired) electrons. The van der Waals surface area contributed by atoms with Gasteiger partial charge in [-0.1, -0.05) is 6.92 Å². The van der Waals surface area contributed by atoms with Crippen LogP contribution in [0.25, 0.3) is 0 Å². The zero-order valence-electron chi connectivity index (χ0n) is 11.8. The van der Waals surface area contributed by atoms with E-state index < -0.39 is 0 Å². The summed E-state index contributed by atoms with van der Waals surface area (Å²) in [6, 6.07) is 5.66. The van der Waals surface area contributed by atoms with E-state index in [2.05, 4.69) is 15.6 Å². The molecule has 0 atom stereocenters. The van der Waals surface area contributed by atoms with E-state index in [1.54, 1.807) is 17.4 Å². The molecule has 20 heavy (non-hydrogen) atoms. The number of aromatic nitrogens is 1. The monoisotopic (exact) mass is 289 g/mol. The van der Waals surface area contributed by atoms with Crippen molar-refractivity contribution < 1.29 is 4.79 Å². The van der Waals surface area contributed by atoms with Crippen molar-refractivity contribution in [3.05, 3.63) is 45.8 Å². The first-order valence-corrected chi connectivity index (χ1v) is 7.71. The summed E-state index contributed by atoms with van der Waals surface area (Å²) in [5.74, 6) is 0.694. The van der Waals surface area contributed by atoms with Crippen LogP contribution >= 0.6 is 11.3 Å². The van der Waals surface area contributed by atoms with Crippen molar-refractivity contribution >= 4 is 23.1 Å². The molecule has 5 heteroatoms. The number of rotatable bonds is 6. The van der Waals surface area contributed by atoms with E-state index in [9.17, 15) is 4.79 Å². The molecule has 2 heterocycles. The van der Waals surface area contributed by atoms with E-state index in [0.717, 1.165) is 30.0 Å². The van der Waals surface area contributed by atoms with Gasteiger partial charge < -0.3 is 10.6 Å². The molecular formula is C15H19N3OS. The Morgan fingerprint density at radius 3 is 2.85 bits per heavy atom. The molecule has 0 unspecified atom stereocenters. The van der Waals surface area contributed by atoms with Crippen LogP contribution in [0.15, 0.2) is 29.0 Å². The summed E-state index contributed by atoms with van der Waals surface area (Å²) in [5, 5.41) is 10.1. The van der Waals surface area contributed by atoms with E-state index >= 15 is 0 Å². The summed E-state index contributed by atoms with van der Waals surface area (Å²) in [5.41, 5.74) is 2.70. The molecule has 0 aromatic carbocycles. The fraction of sp³-hybridized carbons (Fsp3) is 0.333. The lowest BCUT2D eigenvalue weighted by Gasteiger charge is -2.09. The molecule has 0 aliphatic heterocycles. The first-order valence-electron chi connectivity index (χ1n) is 6.77. The summed E-state index contributed by atoms with van der Waals surface area (Å²) in [7, 11) is 0. The summed E-state index contributed by atoms with van der Waals surface area (Å²) < 4.78 is 0. The van der Waals surface area contributed by atoms with Gasteiger partial charge in [0.2, 0.25) is 0 Å². The minimum Gasteiger partial charge on any atom is -0.370 e. The molecule has 0 saturated carbocycles. The maximum atomic E-state index is 12.2. The summed E-state index contributed by atoms with van der Waals surface area (Å²) in [6.07, 6.45) is 0.810. The average Bonchev–Trinajstić information content (AvgIpc) is 2.98. The van der Waals surface area contributed by atoms with E-state index in [-0.39, 0.29) is 5.91 Å². The van der Waals surface area contributed by atoms with Crippen molar-refractivity contribution in [2.45, 2.75) is 26.8 Å². The molecule has 0 bridgehead atoms. The number of aryl methyl sites for hydroxylation is 1. The van der Waals surface area contributed by atoms with Crippen molar-refractivity contribution in [2.24, 2.45) is 0 Å². The second-order valence-corrected chi connectivity index (χ2v) is 5.21. The molecule has 0 fully saturated rings. The number of nitrogens with one attached hydrogen (secondary N) is 2. The topological polar surface area (TPSA) is 54.0 Å². The second kappa shape index (κ2) is 7.05. The van der Waals surface area contributed by atoms with Crippen LogP contribution in [0.5, 0.6) is 0 Å². The molecule has 4 nitrogen and oxygen atoms in total. The lowest BCUT2D eigenvalue weighted by molar-refractivity contribution is 0.0951. The number of carbonyl (C=O) groups excluding carboxylic acids is 1. The maximum absolute atomic E-state index is 12.2. The number of carbonyl (C=O) groups is 1. The van der Waals surface area contributed by atoms with Gasteiger partial charge in [0.05, 0.1) is 0 Å². The van der Waals surface area contributed by atoms with Gasteiger partial charge in [-0.2, -0.15) is 11.3 Å². The van der Waals surface area contributed by atoms with E-state index in [1.165, 1.54) is 0 Å². The van der Waals surface area contributed by atoms with Crippen LogP contribution in [0.2, 0.25) is 0 Å². The predicted molar refractivity (Wildman–Crippen MR) is 83.3 cm³/mol. The van der Waals surface area contributed by atoms with Crippen molar-refractivity contribution in [3.8, 4) is 0 Å². The Morgan fingerprint density at radius 1 is 1.35 bits per heavy atom. The molecule has 2 aromatic heterocycles. The number of hydrogen-bond donors (Lipinski definition) is 2. The number of hydrogen-bond acceptors (Lipinski definition) is 4. The Kier molecular flexibility index (Phi) is 5.12. The number of pyridine rings is 1. The van der Waals surface area contributed by atoms with Gasteiger partial charge in [-0.15, -0.1) is 0 Å². The van der Waals surface area contributed by atoms with Gasteiger partial charge in [0.25, 0.3) is 5.91 Å². The third-order valence-electron chi connectivity index (χ3n) is 2.89. The first kappa shape index (κ1) is 14.5. The van der Waals surface area contributed by atoms with Gasteiger partial charge in [-0.05, 0) is 47.9 Å². The van der Waals surface area contributed by atoms with Crippen LogP contribution in [0, 0.1) is 0 Å². The van der Waals surface area contributed by atoms with Gasteiger partial charge >= 0.3 is 0 Å². The van der Waals surface area contributed by atoms with Crippen LogP contribution < -0.4 is 10.6 Å². The Balaban J connectivity index is 2.09. The standard InChI is InChI=1S/C15H19N3OS/c1-3-13-7-12(8-14(18-13)16-4-2)15(19)17-9-11-5-6-20-10-11/h5-8,10H,3-4,9H2,1-2H3,(H,16,18)(H,17,19). The van der Waals surface area contributed by atoms with Gasteiger partial charge in [-0.3, -0.25) is 4.79 Å². The fourth-order valence-corrected chi connectivity index (χ4v) is 2.52. The van der Waals surface area contributed by atoms with E-state index in [4.69, 9.17) is 0 Å². The Labute approximate surface area is 123 Å². The minimum absolute atomic E-state index is 0.0625. The lowest BCUT2D eigenvalue weighted by Crippen LogP contribution is -2.23. The largest absolute Gasteiger partial charge is 0.370 e. The summed E-state index contributed by atoms with van der Waals surface area (Å²) in [4.78, 5) is 16.6. The fourth-order valence-electron chi connectivity index (χ4n) is 1.85. The number of anilines is 1. The quantitative estimate of drug-likeness (QED) is 0.859. The van der Waals surface area contributed by atoms with Gasteiger partial charge in [-0.25, -0.2) is 4.98 Å². The highest BCUT2D eigenvalue weighted by atomic mass is 32.1. The lowest BCUT2D eigenvalue weighted by atomic mass is 10.1. The molecule has 106 valence electrons. The number of amides is 1. The Bertz CT molecular complexity index is 567. The normalized spacial score (nSPS) is 10.3. The Hall–Kier alpha value is -1.88. The molecule has 0 aliphatic carbocycles. The summed E-state index contributed by atoms with van der Waals surface area (Å²) >= 11 is 1.63. The highest BCUT2D eigenvalue weighted by molar-refractivity contribution is 7.07. The molecule has 2 N–H and O–H groups in total. The zero-order chi connectivity index (χ0) is 14.4. The van der Waals surface area contributed by atoms with Crippen LogP contribution in [-0.4, -0.2) is 17.4 Å². The highest BCUT2D eigenvalue weighted by Gasteiger charge is 2.09. The molecule has 0 spiro atoms. The van der Waals surface area contributed by atoms with Crippen molar-refractivity contribution in [3.63, 3.8) is 0 Å². The molecule has 2 aromatic rings. The second-order valence-electron chi connectivity index (χ2n) is 4.43. The van der Waals surface area contributed by atoms with Crippen molar-refractivity contribution in [1.29, 1.82) is 0 Å². The average molecular weight is 289 g/mol. The number of nitrogens with zero attached hydrogens (tertiary/aromatic N) is 1. The van der Waals surface area contributed by atoms with E-state index in [0.29, 0.717) is 12.1 Å². The predicted octanol–water partition coefficient (Wildman–Crippen LogP) is 3.07. The molecular weight excluding hydrogens is 270 g/mol. The highest BCUT2D eigenvalue weighted by Crippen LogP contribution is 2.12. The maximum Gasteiger partial charge on any atom is 0.251 e. The molecule has 0 aliphatic rings. The molecule has 1 amide bonds. The third-order valence-corrected chi connectivity index (χ3v) is 3.63. The zero-order valence-corrected chi connectivity index (χ0v) is 12.6. The van der Waals surface area contributed by atoms with E-state index in [1.807, 2.05) is 36.7 Å². The van der Waals surface area contributed by atoms with Gasteiger partial charge in [0, 0.05) is 24.3 Å². The third kappa shape index (κ3) is 3.81. The number of thiophene rings is 1. The van der Waals surface area contributed by atoms with Crippen LogP contribution in [0.3, 0.4) is 0 Å². The minimum atomic E-state index is -0.0625. The summed E-state index contributed by atoms with van der Waals surface area (Å²) in [6.45, 7) is 5.39. The molecule has 0 saturated heterocycles. The van der Waals surface area contributed by atoms with Crippen LogP contribution in [0.1, 0.15) is 35.5 Å².